The fourth-order valence-corrected chi connectivity index (χ4v) is 10.1. The SMILES string of the molecule is CC1(C)c2ccccc2N(c2ccccc2)c2cc(-c3c4ccccc4c(-c4ccc5c(c4)N(c4ccccc4)c4ccccc4C5(C)C)c4ncccc34)ccc21. The Balaban J connectivity index is 1.16. The summed E-state index contributed by atoms with van der Waals surface area (Å²) in [5.41, 5.74) is 17.7. The van der Waals surface area contributed by atoms with E-state index in [4.69, 9.17) is 4.98 Å². The van der Waals surface area contributed by atoms with Gasteiger partial charge in [0.25, 0.3) is 0 Å². The fraction of sp³-hybridized carbons (Fsp3) is 0.109. The normalized spacial score (nSPS) is 14.8. The van der Waals surface area contributed by atoms with E-state index in [1.807, 2.05) is 6.20 Å². The van der Waals surface area contributed by atoms with Gasteiger partial charge >= 0.3 is 0 Å². The number of benzene rings is 8. The highest BCUT2D eigenvalue weighted by Crippen LogP contribution is 2.55. The van der Waals surface area contributed by atoms with Crippen LogP contribution < -0.4 is 9.80 Å². The molecule has 0 aliphatic carbocycles. The minimum absolute atomic E-state index is 0.180. The van der Waals surface area contributed by atoms with Crippen molar-refractivity contribution in [1.82, 2.24) is 4.98 Å². The molecule has 11 rings (SSSR count). The lowest BCUT2D eigenvalue weighted by Crippen LogP contribution is -2.30. The van der Waals surface area contributed by atoms with E-state index in [2.05, 4.69) is 219 Å². The molecule has 0 saturated carbocycles. The summed E-state index contributed by atoms with van der Waals surface area (Å²) < 4.78 is 0. The Morgan fingerprint density at radius 3 is 1.31 bits per heavy atom. The number of para-hydroxylation sites is 4. The molecule has 1 aromatic heterocycles. The smallest absolute Gasteiger partial charge is 0.0793 e. The number of nitrogens with zero attached hydrogens (tertiary/aromatic N) is 3. The molecule has 2 aliphatic heterocycles. The molecule has 2 aliphatic rings. The number of pyridine rings is 1. The van der Waals surface area contributed by atoms with Gasteiger partial charge in [0.2, 0.25) is 0 Å². The van der Waals surface area contributed by atoms with Crippen LogP contribution in [0.2, 0.25) is 0 Å². The highest BCUT2D eigenvalue weighted by molar-refractivity contribution is 6.20. The molecule has 278 valence electrons. The zero-order valence-electron chi connectivity index (χ0n) is 33.2. The number of aromatic nitrogens is 1. The predicted molar refractivity (Wildman–Crippen MR) is 244 cm³/mol. The minimum atomic E-state index is -0.183. The summed E-state index contributed by atoms with van der Waals surface area (Å²) in [6.45, 7) is 9.41. The van der Waals surface area contributed by atoms with Crippen molar-refractivity contribution < 1.29 is 0 Å². The Morgan fingerprint density at radius 1 is 0.362 bits per heavy atom. The first-order valence-corrected chi connectivity index (χ1v) is 20.3. The second-order valence-corrected chi connectivity index (χ2v) is 16.8. The Bertz CT molecular complexity index is 2810. The average molecular weight is 746 g/mol. The molecule has 0 saturated heterocycles. The molecule has 9 aromatic rings. The second-order valence-electron chi connectivity index (χ2n) is 16.8. The number of fused-ring (bicyclic) bond motifs is 6. The van der Waals surface area contributed by atoms with E-state index < -0.39 is 0 Å². The maximum atomic E-state index is 5.23. The molecule has 0 N–H and O–H groups in total. The summed E-state index contributed by atoms with van der Waals surface area (Å²) >= 11 is 0. The molecule has 0 spiro atoms. The molecular weight excluding hydrogens is 703 g/mol. The zero-order valence-corrected chi connectivity index (χ0v) is 33.2. The van der Waals surface area contributed by atoms with E-state index in [0.717, 1.165) is 33.4 Å². The molecule has 0 bridgehead atoms. The quantitative estimate of drug-likeness (QED) is 0.167. The van der Waals surface area contributed by atoms with Crippen LogP contribution in [0.25, 0.3) is 43.9 Å². The van der Waals surface area contributed by atoms with Crippen LogP contribution in [0.15, 0.2) is 188 Å². The van der Waals surface area contributed by atoms with Gasteiger partial charge in [-0.1, -0.05) is 155 Å². The highest BCUT2D eigenvalue weighted by atomic mass is 15.2. The van der Waals surface area contributed by atoms with Crippen molar-refractivity contribution in [2.24, 2.45) is 0 Å². The summed E-state index contributed by atoms with van der Waals surface area (Å²) in [6.07, 6.45) is 1.95. The van der Waals surface area contributed by atoms with Gasteiger partial charge < -0.3 is 9.80 Å². The lowest BCUT2D eigenvalue weighted by atomic mass is 9.72. The molecule has 58 heavy (non-hydrogen) atoms. The monoisotopic (exact) mass is 745 g/mol. The van der Waals surface area contributed by atoms with Crippen LogP contribution in [0, 0.1) is 0 Å². The van der Waals surface area contributed by atoms with Crippen molar-refractivity contribution in [2.75, 3.05) is 9.80 Å². The first-order valence-electron chi connectivity index (χ1n) is 20.3. The first kappa shape index (κ1) is 34.3. The lowest BCUT2D eigenvalue weighted by Gasteiger charge is -2.42. The van der Waals surface area contributed by atoms with Crippen LogP contribution in [0.5, 0.6) is 0 Å². The molecule has 0 unspecified atom stereocenters. The summed E-state index contributed by atoms with van der Waals surface area (Å²) in [5, 5.41) is 3.54. The van der Waals surface area contributed by atoms with Gasteiger partial charge in [0.1, 0.15) is 0 Å². The van der Waals surface area contributed by atoms with Gasteiger partial charge in [0.05, 0.1) is 28.3 Å². The van der Waals surface area contributed by atoms with Crippen LogP contribution >= 0.6 is 0 Å². The van der Waals surface area contributed by atoms with Gasteiger partial charge in [-0.3, -0.25) is 4.98 Å². The third kappa shape index (κ3) is 4.96. The molecule has 0 atom stereocenters. The molecule has 3 heteroatoms. The van der Waals surface area contributed by atoms with Crippen molar-refractivity contribution in [3.05, 3.63) is 210 Å². The van der Waals surface area contributed by atoms with Crippen molar-refractivity contribution in [3.63, 3.8) is 0 Å². The molecular formula is C55H43N3. The van der Waals surface area contributed by atoms with Gasteiger partial charge in [0, 0.05) is 39.4 Å². The van der Waals surface area contributed by atoms with E-state index in [-0.39, 0.29) is 10.8 Å². The van der Waals surface area contributed by atoms with E-state index in [1.165, 1.54) is 66.9 Å². The fourth-order valence-electron chi connectivity index (χ4n) is 10.1. The maximum absolute atomic E-state index is 5.23. The summed E-state index contributed by atoms with van der Waals surface area (Å²) in [7, 11) is 0. The van der Waals surface area contributed by atoms with Crippen LogP contribution in [0.4, 0.5) is 34.1 Å². The third-order valence-electron chi connectivity index (χ3n) is 12.8. The van der Waals surface area contributed by atoms with Gasteiger partial charge in [-0.15, -0.1) is 0 Å². The molecule has 3 nitrogen and oxygen atoms in total. The van der Waals surface area contributed by atoms with Crippen LogP contribution in [0.3, 0.4) is 0 Å². The Morgan fingerprint density at radius 2 is 0.776 bits per heavy atom. The number of hydrogen-bond donors (Lipinski definition) is 0. The lowest BCUT2D eigenvalue weighted by molar-refractivity contribution is 0.632. The third-order valence-corrected chi connectivity index (χ3v) is 12.8. The van der Waals surface area contributed by atoms with Crippen molar-refractivity contribution >= 4 is 55.8 Å². The summed E-state index contributed by atoms with van der Waals surface area (Å²) in [5.74, 6) is 0. The average Bonchev–Trinajstić information content (AvgIpc) is 3.26. The molecule has 0 fully saturated rings. The van der Waals surface area contributed by atoms with Gasteiger partial charge in [0.15, 0.2) is 0 Å². The van der Waals surface area contributed by atoms with Gasteiger partial charge in [-0.05, 0) is 104 Å². The molecule has 0 amide bonds. The van der Waals surface area contributed by atoms with E-state index in [0.29, 0.717) is 0 Å². The predicted octanol–water partition coefficient (Wildman–Crippen LogP) is 14.9. The molecule has 8 aromatic carbocycles. The minimum Gasteiger partial charge on any atom is -0.310 e. The largest absolute Gasteiger partial charge is 0.310 e. The topological polar surface area (TPSA) is 19.4 Å². The first-order chi connectivity index (χ1) is 28.3. The van der Waals surface area contributed by atoms with Gasteiger partial charge in [-0.25, -0.2) is 0 Å². The number of rotatable bonds is 4. The standard InChI is InChI=1S/C55H43N3/c1-54(2)43-25-13-15-27-47(43)57(38-18-7-5-8-19-38)49-34-36(29-31-45(49)54)51-40-22-11-12-23-41(40)52(53-42(51)24-17-33-56-53)37-30-32-46-50(35-37)58(39-20-9-6-10-21-39)48-28-16-14-26-44(48)55(46,3)4/h5-35H,1-4H3. The van der Waals surface area contributed by atoms with Gasteiger partial charge in [-0.2, -0.15) is 0 Å². The summed E-state index contributed by atoms with van der Waals surface area (Å²) in [4.78, 5) is 10.1. The second kappa shape index (κ2) is 12.8. The molecule has 3 heterocycles. The molecule has 0 radical (unpaired) electrons. The number of anilines is 6. The van der Waals surface area contributed by atoms with Crippen molar-refractivity contribution in [1.29, 1.82) is 0 Å². The number of hydrogen-bond acceptors (Lipinski definition) is 3. The Kier molecular flexibility index (Phi) is 7.55. The maximum Gasteiger partial charge on any atom is 0.0793 e. The Labute approximate surface area is 340 Å². The summed E-state index contributed by atoms with van der Waals surface area (Å²) in [6, 6.07) is 66.8. The van der Waals surface area contributed by atoms with E-state index in [1.54, 1.807) is 0 Å². The zero-order chi connectivity index (χ0) is 39.2. The van der Waals surface area contributed by atoms with E-state index >= 15 is 0 Å². The van der Waals surface area contributed by atoms with Crippen molar-refractivity contribution in [3.8, 4) is 22.3 Å². The van der Waals surface area contributed by atoms with E-state index in [9.17, 15) is 0 Å². The Hall–Kier alpha value is -6.97. The van der Waals surface area contributed by atoms with Crippen LogP contribution in [-0.2, 0) is 10.8 Å². The highest BCUT2D eigenvalue weighted by Gasteiger charge is 2.39. The van der Waals surface area contributed by atoms with Crippen molar-refractivity contribution in [2.45, 2.75) is 38.5 Å². The van der Waals surface area contributed by atoms with Crippen LogP contribution in [0.1, 0.15) is 49.9 Å². The van der Waals surface area contributed by atoms with Crippen LogP contribution in [-0.4, -0.2) is 4.98 Å².